The summed E-state index contributed by atoms with van der Waals surface area (Å²) in [6.45, 7) is 9.32. The highest BCUT2D eigenvalue weighted by atomic mass is 32.2. The van der Waals surface area contributed by atoms with E-state index in [1.54, 1.807) is 45.2 Å². The summed E-state index contributed by atoms with van der Waals surface area (Å²) >= 11 is 0. The molecule has 0 spiro atoms. The van der Waals surface area contributed by atoms with Gasteiger partial charge in [0.2, 0.25) is 10.0 Å². The van der Waals surface area contributed by atoms with Gasteiger partial charge in [0, 0.05) is 23.2 Å². The molecule has 9 heteroatoms. The lowest BCUT2D eigenvalue weighted by atomic mass is 10.1. The highest BCUT2D eigenvalue weighted by Gasteiger charge is 2.17. The monoisotopic (exact) mass is 415 g/mol. The van der Waals surface area contributed by atoms with E-state index in [-0.39, 0.29) is 22.9 Å². The Morgan fingerprint density at radius 3 is 2.34 bits per heavy atom. The van der Waals surface area contributed by atoms with Crippen molar-refractivity contribution < 1.29 is 13.2 Å². The molecule has 0 aliphatic rings. The van der Waals surface area contributed by atoms with Crippen LogP contribution in [0.2, 0.25) is 0 Å². The molecule has 0 aliphatic carbocycles. The number of aromatic nitrogens is 3. The summed E-state index contributed by atoms with van der Waals surface area (Å²) in [5, 5.41) is 7.91. The van der Waals surface area contributed by atoms with Crippen molar-refractivity contribution in [1.29, 1.82) is 0 Å². The van der Waals surface area contributed by atoms with Crippen LogP contribution in [0.4, 0.5) is 5.69 Å². The lowest BCUT2D eigenvalue weighted by Crippen LogP contribution is -2.30. The van der Waals surface area contributed by atoms with Crippen LogP contribution in [0.5, 0.6) is 0 Å². The van der Waals surface area contributed by atoms with E-state index >= 15 is 0 Å². The molecule has 3 aromatic rings. The van der Waals surface area contributed by atoms with E-state index in [4.69, 9.17) is 0 Å². The quantitative estimate of drug-likeness (QED) is 0.643. The van der Waals surface area contributed by atoms with Crippen molar-refractivity contribution in [1.82, 2.24) is 19.5 Å². The number of fused-ring (bicyclic) bond motifs is 1. The van der Waals surface area contributed by atoms with Gasteiger partial charge in [0.25, 0.3) is 5.91 Å². The molecule has 0 atom stereocenters. The van der Waals surface area contributed by atoms with Gasteiger partial charge in [-0.15, -0.1) is 0 Å². The molecule has 2 heterocycles. The molecule has 8 nitrogen and oxygen atoms in total. The third-order valence-corrected chi connectivity index (χ3v) is 5.98. The zero-order chi connectivity index (χ0) is 21.3. The normalized spacial score (nSPS) is 12.1. The zero-order valence-electron chi connectivity index (χ0n) is 17.1. The fraction of sp³-hybridized carbons (Fsp3) is 0.350. The van der Waals surface area contributed by atoms with E-state index in [9.17, 15) is 13.2 Å². The van der Waals surface area contributed by atoms with Gasteiger partial charge in [-0.3, -0.25) is 4.79 Å². The second-order valence-corrected chi connectivity index (χ2v) is 9.19. The second kappa shape index (κ2) is 7.92. The molecule has 2 aromatic heterocycles. The summed E-state index contributed by atoms with van der Waals surface area (Å²) in [4.78, 5) is 17.4. The van der Waals surface area contributed by atoms with Crippen LogP contribution in [0.25, 0.3) is 11.0 Å². The maximum Gasteiger partial charge on any atom is 0.257 e. The van der Waals surface area contributed by atoms with Crippen LogP contribution >= 0.6 is 0 Å². The lowest BCUT2D eigenvalue weighted by molar-refractivity contribution is 0.102. The van der Waals surface area contributed by atoms with Crippen LogP contribution in [-0.2, 0) is 10.0 Å². The van der Waals surface area contributed by atoms with E-state index in [0.717, 1.165) is 11.0 Å². The summed E-state index contributed by atoms with van der Waals surface area (Å²) in [5.74, 6) is -0.315. The maximum atomic E-state index is 12.7. The molecule has 29 heavy (non-hydrogen) atoms. The topological polar surface area (TPSA) is 106 Å². The zero-order valence-corrected chi connectivity index (χ0v) is 17.9. The Balaban J connectivity index is 1.82. The second-order valence-electron chi connectivity index (χ2n) is 7.47. The van der Waals surface area contributed by atoms with Crippen LogP contribution in [-0.4, -0.2) is 35.1 Å². The molecule has 0 fully saturated rings. The van der Waals surface area contributed by atoms with Gasteiger partial charge in [-0.05, 0) is 65.0 Å². The molecule has 3 rings (SSSR count). The fourth-order valence-electron chi connectivity index (χ4n) is 2.97. The number of amides is 1. The summed E-state index contributed by atoms with van der Waals surface area (Å²) in [6.07, 6.45) is 1.69. The third-order valence-electron chi connectivity index (χ3n) is 4.31. The van der Waals surface area contributed by atoms with E-state index in [1.807, 2.05) is 18.5 Å². The minimum Gasteiger partial charge on any atom is -0.322 e. The molecule has 2 N–H and O–H groups in total. The van der Waals surface area contributed by atoms with E-state index < -0.39 is 10.0 Å². The predicted molar refractivity (Wildman–Crippen MR) is 113 cm³/mol. The summed E-state index contributed by atoms with van der Waals surface area (Å²) in [7, 11) is -3.57. The Morgan fingerprint density at radius 1 is 1.10 bits per heavy atom. The number of carbonyl (C=O) groups is 1. The van der Waals surface area contributed by atoms with Crippen molar-refractivity contribution in [2.75, 3.05) is 5.32 Å². The highest BCUT2D eigenvalue weighted by Crippen LogP contribution is 2.21. The highest BCUT2D eigenvalue weighted by molar-refractivity contribution is 7.89. The van der Waals surface area contributed by atoms with Gasteiger partial charge in [-0.1, -0.05) is 0 Å². The molecule has 1 amide bonds. The Morgan fingerprint density at radius 2 is 1.76 bits per heavy atom. The van der Waals surface area contributed by atoms with Crippen LogP contribution in [0.1, 0.15) is 49.8 Å². The van der Waals surface area contributed by atoms with Crippen molar-refractivity contribution in [3.63, 3.8) is 0 Å². The first-order chi connectivity index (χ1) is 13.6. The van der Waals surface area contributed by atoms with Crippen LogP contribution < -0.4 is 10.0 Å². The number of sulfonamides is 1. The Hall–Kier alpha value is -2.78. The fourth-order valence-corrected chi connectivity index (χ4v) is 4.22. The van der Waals surface area contributed by atoms with Gasteiger partial charge >= 0.3 is 0 Å². The number of carbonyl (C=O) groups excluding carboxylic acids is 1. The molecular weight excluding hydrogens is 390 g/mol. The van der Waals surface area contributed by atoms with Crippen molar-refractivity contribution in [3.05, 3.63) is 47.8 Å². The molecule has 154 valence electrons. The van der Waals surface area contributed by atoms with Gasteiger partial charge in [0.15, 0.2) is 5.65 Å². The van der Waals surface area contributed by atoms with Gasteiger partial charge in [0.1, 0.15) is 0 Å². The van der Waals surface area contributed by atoms with Crippen molar-refractivity contribution in [2.45, 2.75) is 51.6 Å². The number of rotatable bonds is 6. The molecule has 0 saturated carbocycles. The largest absolute Gasteiger partial charge is 0.322 e. The number of pyridine rings is 1. The molecule has 0 bridgehead atoms. The van der Waals surface area contributed by atoms with Crippen molar-refractivity contribution in [2.24, 2.45) is 0 Å². The SMILES string of the molecule is Cc1nc2c(cnn2C(C)C)cc1C(=O)Nc1ccc(S(=O)(=O)NC(C)C)cc1. The minimum atomic E-state index is -3.57. The number of nitrogens with one attached hydrogen (secondary N) is 2. The molecule has 0 saturated heterocycles. The summed E-state index contributed by atoms with van der Waals surface area (Å²) < 4.78 is 28.7. The smallest absolute Gasteiger partial charge is 0.257 e. The average Bonchev–Trinajstić information content (AvgIpc) is 3.03. The average molecular weight is 416 g/mol. The van der Waals surface area contributed by atoms with Gasteiger partial charge < -0.3 is 5.32 Å². The number of hydrogen-bond acceptors (Lipinski definition) is 5. The standard InChI is InChI=1S/C20H25N5O3S/c1-12(2)24-29(27,28)17-8-6-16(7-9-17)23-20(26)18-10-15-11-21-25(13(3)4)19(15)22-14(18)5/h6-13,24H,1-5H3,(H,23,26). The first-order valence-corrected chi connectivity index (χ1v) is 10.9. The van der Waals surface area contributed by atoms with Gasteiger partial charge in [-0.2, -0.15) is 5.10 Å². The van der Waals surface area contributed by atoms with Crippen molar-refractivity contribution in [3.8, 4) is 0 Å². The maximum absolute atomic E-state index is 12.7. The summed E-state index contributed by atoms with van der Waals surface area (Å²) in [6, 6.07) is 7.77. The Kier molecular flexibility index (Phi) is 5.72. The van der Waals surface area contributed by atoms with Crippen LogP contribution in [0, 0.1) is 6.92 Å². The number of nitrogens with zero attached hydrogens (tertiary/aromatic N) is 3. The van der Waals surface area contributed by atoms with E-state index in [0.29, 0.717) is 16.9 Å². The van der Waals surface area contributed by atoms with Gasteiger partial charge in [0.05, 0.1) is 22.3 Å². The number of hydrogen-bond donors (Lipinski definition) is 2. The molecule has 0 unspecified atom stereocenters. The lowest BCUT2D eigenvalue weighted by Gasteiger charge is -2.11. The minimum absolute atomic E-state index is 0.143. The predicted octanol–water partition coefficient (Wildman–Crippen LogP) is 3.26. The summed E-state index contributed by atoms with van der Waals surface area (Å²) in [5.41, 5.74) is 2.27. The van der Waals surface area contributed by atoms with E-state index in [2.05, 4.69) is 20.1 Å². The Labute approximate surface area is 170 Å². The van der Waals surface area contributed by atoms with E-state index in [1.165, 1.54) is 12.1 Å². The Bertz CT molecular complexity index is 1150. The molecule has 1 aromatic carbocycles. The number of benzene rings is 1. The molecular formula is C20H25N5O3S. The first-order valence-electron chi connectivity index (χ1n) is 9.37. The number of aryl methyl sites for hydroxylation is 1. The van der Waals surface area contributed by atoms with Crippen molar-refractivity contribution >= 4 is 32.7 Å². The molecule has 0 aliphatic heterocycles. The van der Waals surface area contributed by atoms with Crippen LogP contribution in [0.3, 0.4) is 0 Å². The first kappa shape index (κ1) is 20.9. The van der Waals surface area contributed by atoms with Gasteiger partial charge in [-0.25, -0.2) is 22.8 Å². The van der Waals surface area contributed by atoms with Crippen LogP contribution in [0.15, 0.2) is 41.4 Å². The number of anilines is 1. The molecule has 0 radical (unpaired) electrons. The third kappa shape index (κ3) is 4.46.